The van der Waals surface area contributed by atoms with Crippen molar-refractivity contribution in [2.24, 2.45) is 0 Å². The molecule has 0 atom stereocenters. The Kier molecular flexibility index (Phi) is 4.70. The average Bonchev–Trinajstić information content (AvgIpc) is 3.17. The zero-order valence-corrected chi connectivity index (χ0v) is 14.1. The summed E-state index contributed by atoms with van der Waals surface area (Å²) in [6.45, 7) is 0. The predicted octanol–water partition coefficient (Wildman–Crippen LogP) is 0.738. The number of fused-ring (bicyclic) bond motifs is 1. The van der Waals surface area contributed by atoms with Crippen molar-refractivity contribution in [3.8, 4) is 0 Å². The highest BCUT2D eigenvalue weighted by Crippen LogP contribution is 2.18. The Hall–Kier alpha value is -2.55. The van der Waals surface area contributed by atoms with E-state index in [1.807, 2.05) is 17.5 Å². The fourth-order valence-corrected chi connectivity index (χ4v) is 3.51. The van der Waals surface area contributed by atoms with E-state index in [0.717, 1.165) is 36.3 Å². The lowest BCUT2D eigenvalue weighted by Crippen LogP contribution is -2.18. The number of nitrogens with zero attached hydrogens (tertiary/aromatic N) is 1. The van der Waals surface area contributed by atoms with Gasteiger partial charge in [-0.25, -0.2) is 0 Å². The largest absolute Gasteiger partial charge is 0.401 e. The van der Waals surface area contributed by atoms with Crippen LogP contribution in [-0.4, -0.2) is 28.8 Å². The lowest BCUT2D eigenvalue weighted by Gasteiger charge is -1.98. The number of rotatable bonds is 6. The second-order valence-electron chi connectivity index (χ2n) is 5.61. The van der Waals surface area contributed by atoms with Crippen molar-refractivity contribution in [1.82, 2.24) is 20.2 Å². The van der Waals surface area contributed by atoms with Gasteiger partial charge in [0.2, 0.25) is 19.8 Å². The molecule has 3 heterocycles. The van der Waals surface area contributed by atoms with Crippen molar-refractivity contribution < 1.29 is 4.79 Å². The zero-order valence-electron chi connectivity index (χ0n) is 13.3. The van der Waals surface area contributed by atoms with Gasteiger partial charge in [-0.15, -0.1) is 11.3 Å². The van der Waals surface area contributed by atoms with Crippen molar-refractivity contribution in [2.75, 3.05) is 5.73 Å². The number of H-pyrrole nitrogens is 2. The summed E-state index contributed by atoms with van der Waals surface area (Å²) in [6, 6.07) is 3.77. The van der Waals surface area contributed by atoms with Crippen molar-refractivity contribution in [3.05, 3.63) is 44.0 Å². The van der Waals surface area contributed by atoms with Gasteiger partial charge in [0.1, 0.15) is 5.65 Å². The first kappa shape index (κ1) is 16.3. The summed E-state index contributed by atoms with van der Waals surface area (Å²) in [5, 5.41) is 5.19. The summed E-state index contributed by atoms with van der Waals surface area (Å²) in [5.74, 6) is 0.0756. The van der Waals surface area contributed by atoms with Crippen molar-refractivity contribution in [2.45, 2.75) is 25.7 Å². The quantitative estimate of drug-likeness (QED) is 0.390. The fraction of sp³-hybridized carbons (Fsp3) is 0.267. The number of thiophene rings is 1. The van der Waals surface area contributed by atoms with Crippen LogP contribution in [0.25, 0.3) is 11.0 Å². The Morgan fingerprint density at radius 3 is 2.88 bits per heavy atom. The van der Waals surface area contributed by atoms with Crippen LogP contribution in [0.3, 0.4) is 0 Å². The molecular formula is C15H18BN5O2S. The zero-order chi connectivity index (χ0) is 17.1. The van der Waals surface area contributed by atoms with Gasteiger partial charge in [-0.2, -0.15) is 4.98 Å². The van der Waals surface area contributed by atoms with Crippen LogP contribution < -0.4 is 16.5 Å². The van der Waals surface area contributed by atoms with E-state index in [-0.39, 0.29) is 17.4 Å². The molecular weight excluding hydrogens is 325 g/mol. The third kappa shape index (κ3) is 3.51. The minimum atomic E-state index is -0.222. The molecule has 3 aromatic heterocycles. The van der Waals surface area contributed by atoms with E-state index < -0.39 is 0 Å². The fourth-order valence-electron chi connectivity index (χ4n) is 2.62. The summed E-state index contributed by atoms with van der Waals surface area (Å²) >= 11 is 1.47. The number of aromatic nitrogens is 3. The molecule has 0 unspecified atom stereocenters. The second kappa shape index (κ2) is 6.92. The highest BCUT2D eigenvalue weighted by Gasteiger charge is 2.08. The van der Waals surface area contributed by atoms with Gasteiger partial charge in [0.15, 0.2) is 0 Å². The highest BCUT2D eigenvalue weighted by molar-refractivity contribution is 7.12. The van der Waals surface area contributed by atoms with Gasteiger partial charge in [-0.05, 0) is 48.8 Å². The predicted molar refractivity (Wildman–Crippen MR) is 98.1 cm³/mol. The smallest absolute Gasteiger partial charge is 0.261 e. The Morgan fingerprint density at radius 1 is 1.29 bits per heavy atom. The van der Waals surface area contributed by atoms with Crippen LogP contribution in [0, 0.1) is 0 Å². The van der Waals surface area contributed by atoms with Crippen LogP contribution in [0.1, 0.15) is 33.8 Å². The molecule has 1 amide bonds. The van der Waals surface area contributed by atoms with E-state index in [1.165, 1.54) is 16.9 Å². The maximum Gasteiger partial charge on any atom is 0.261 e. The number of nitrogens with two attached hydrogens (primary N) is 1. The van der Waals surface area contributed by atoms with E-state index in [2.05, 4.69) is 20.2 Å². The first-order chi connectivity index (χ1) is 11.6. The topological polar surface area (TPSA) is 117 Å². The lowest BCUT2D eigenvalue weighted by molar-refractivity contribution is 0.0985. The van der Waals surface area contributed by atoms with Gasteiger partial charge in [-0.3, -0.25) is 14.6 Å². The number of aryl methyl sites for hydroxylation is 2. The Labute approximate surface area is 143 Å². The van der Waals surface area contributed by atoms with Crippen molar-refractivity contribution in [3.63, 3.8) is 0 Å². The lowest BCUT2D eigenvalue weighted by atomic mass is 10.1. The first-order valence-electron chi connectivity index (χ1n) is 7.73. The number of nitrogen functional groups attached to an aromatic ring is 1. The Balaban J connectivity index is 1.55. The molecule has 24 heavy (non-hydrogen) atoms. The minimum absolute atomic E-state index is 0.0404. The molecule has 0 bridgehead atoms. The molecule has 5 N–H and O–H groups in total. The molecule has 0 aliphatic carbocycles. The molecule has 124 valence electrons. The van der Waals surface area contributed by atoms with E-state index in [1.54, 1.807) is 7.98 Å². The molecule has 0 aromatic carbocycles. The number of amides is 1. The molecule has 3 aromatic rings. The van der Waals surface area contributed by atoms with Crippen LogP contribution in [-0.2, 0) is 12.8 Å². The number of anilines is 1. The summed E-state index contributed by atoms with van der Waals surface area (Å²) < 4.78 is 0. The Bertz CT molecular complexity index is 929. The van der Waals surface area contributed by atoms with E-state index in [4.69, 9.17) is 5.73 Å². The van der Waals surface area contributed by atoms with Crippen LogP contribution in [0.2, 0.25) is 0 Å². The second-order valence-corrected chi connectivity index (χ2v) is 6.52. The van der Waals surface area contributed by atoms with Crippen LogP contribution in [0.5, 0.6) is 0 Å². The highest BCUT2D eigenvalue weighted by atomic mass is 32.1. The van der Waals surface area contributed by atoms with E-state index >= 15 is 0 Å². The number of hydrogen-bond donors (Lipinski definition) is 4. The molecule has 0 radical (unpaired) electrons. The molecule has 0 saturated heterocycles. The minimum Gasteiger partial charge on any atom is -0.401 e. The van der Waals surface area contributed by atoms with Crippen molar-refractivity contribution in [1.29, 1.82) is 0 Å². The van der Waals surface area contributed by atoms with Gasteiger partial charge in [0.05, 0.1) is 10.3 Å². The molecule has 9 heteroatoms. The molecule has 0 aliphatic heterocycles. The monoisotopic (exact) mass is 343 g/mol. The normalized spacial score (nSPS) is 11.0. The van der Waals surface area contributed by atoms with Gasteiger partial charge in [0, 0.05) is 5.69 Å². The number of aromatic amines is 2. The molecule has 0 spiro atoms. The number of carbonyl (C=O) groups is 1. The molecule has 3 rings (SSSR count). The molecule has 0 saturated carbocycles. The third-order valence-electron chi connectivity index (χ3n) is 3.84. The van der Waals surface area contributed by atoms with Crippen LogP contribution in [0.4, 0.5) is 5.95 Å². The summed E-state index contributed by atoms with van der Waals surface area (Å²) in [5.41, 5.74) is 8.00. The van der Waals surface area contributed by atoms with Crippen LogP contribution in [0.15, 0.2) is 22.3 Å². The molecule has 0 aliphatic rings. The first-order valence-corrected chi connectivity index (χ1v) is 8.61. The third-order valence-corrected chi connectivity index (χ3v) is 4.82. The number of nitrogens with one attached hydrogen (secondary N) is 3. The average molecular weight is 343 g/mol. The number of hydrogen-bond acceptors (Lipinski definition) is 5. The number of unbranched alkanes of at least 4 members (excludes halogenated alkanes) is 1. The summed E-state index contributed by atoms with van der Waals surface area (Å²) in [6.07, 6.45) is 3.75. The van der Waals surface area contributed by atoms with Crippen molar-refractivity contribution >= 4 is 42.2 Å². The molecule has 0 fully saturated rings. The summed E-state index contributed by atoms with van der Waals surface area (Å²) in [4.78, 5) is 33.8. The molecule has 7 nitrogen and oxygen atoms in total. The van der Waals surface area contributed by atoms with Gasteiger partial charge >= 0.3 is 0 Å². The van der Waals surface area contributed by atoms with E-state index in [9.17, 15) is 9.59 Å². The van der Waals surface area contributed by atoms with Gasteiger partial charge in [-0.1, -0.05) is 0 Å². The SMILES string of the molecule is BNC(=O)c1cc(CCCCc2cc3c(=O)[nH]c(N)nc3[nH]2)cs1. The maximum atomic E-state index is 11.8. The number of carbonyl (C=O) groups excluding carboxylic acids is 1. The summed E-state index contributed by atoms with van der Waals surface area (Å²) in [7, 11) is 1.63. The van der Waals surface area contributed by atoms with Crippen LogP contribution >= 0.6 is 11.3 Å². The standard InChI is InChI=1S/C15H18BN5O2S/c16-21-14(23)11-5-8(7-24-11)3-1-2-4-9-6-10-12(18-9)19-15(17)20-13(10)22/h5-7H,1-4,16H2,(H,21,23)(H4,17,18,19,20,22). The van der Waals surface area contributed by atoms with Gasteiger partial charge < -0.3 is 15.9 Å². The van der Waals surface area contributed by atoms with E-state index in [0.29, 0.717) is 11.0 Å². The van der Waals surface area contributed by atoms with Gasteiger partial charge in [0.25, 0.3) is 5.56 Å². The maximum absolute atomic E-state index is 11.8. The Morgan fingerprint density at radius 2 is 2.08 bits per heavy atom.